The van der Waals surface area contributed by atoms with Crippen LogP contribution in [0.3, 0.4) is 0 Å². The van der Waals surface area contributed by atoms with Crippen LogP contribution < -0.4 is 10.6 Å². The molecule has 118 valence electrons. The van der Waals surface area contributed by atoms with Crippen LogP contribution in [-0.4, -0.2) is 41.9 Å². The van der Waals surface area contributed by atoms with Crippen molar-refractivity contribution in [3.63, 3.8) is 0 Å². The molecule has 0 aliphatic rings. The minimum absolute atomic E-state index is 0.00140. The van der Waals surface area contributed by atoms with Gasteiger partial charge in [-0.2, -0.15) is 0 Å². The smallest absolute Gasteiger partial charge is 0.321 e. The number of nitro groups is 1. The molecule has 0 aliphatic heterocycles. The number of amides is 3. The second-order valence-corrected chi connectivity index (χ2v) is 4.60. The van der Waals surface area contributed by atoms with Crippen molar-refractivity contribution in [3.8, 4) is 0 Å². The van der Waals surface area contributed by atoms with Gasteiger partial charge in [0.1, 0.15) is 0 Å². The number of para-hydroxylation sites is 1. The Morgan fingerprint density at radius 1 is 1.41 bits per heavy atom. The van der Waals surface area contributed by atoms with Gasteiger partial charge in [-0.1, -0.05) is 24.3 Å². The number of urea groups is 1. The Morgan fingerprint density at radius 2 is 2.09 bits per heavy atom. The van der Waals surface area contributed by atoms with Gasteiger partial charge in [-0.3, -0.25) is 25.1 Å². The second-order valence-electron chi connectivity index (χ2n) is 4.60. The van der Waals surface area contributed by atoms with Crippen LogP contribution in [0, 0.1) is 10.1 Å². The fourth-order valence-electron chi connectivity index (χ4n) is 1.79. The highest BCUT2D eigenvalue weighted by atomic mass is 16.6. The van der Waals surface area contributed by atoms with Crippen LogP contribution in [0.15, 0.2) is 36.9 Å². The first-order valence-electron chi connectivity index (χ1n) is 6.53. The molecule has 0 heterocycles. The van der Waals surface area contributed by atoms with E-state index in [-0.39, 0.29) is 25.3 Å². The largest absolute Gasteiger partial charge is 0.334 e. The molecule has 0 fully saturated rings. The second kappa shape index (κ2) is 8.53. The highest BCUT2D eigenvalue weighted by Gasteiger charge is 2.16. The van der Waals surface area contributed by atoms with Crippen LogP contribution in [0.4, 0.5) is 10.5 Å². The van der Waals surface area contributed by atoms with Crippen molar-refractivity contribution in [2.45, 2.75) is 6.54 Å². The number of carbonyl (C=O) groups excluding carboxylic acids is 2. The Hall–Kier alpha value is -2.74. The maximum absolute atomic E-state index is 11.7. The van der Waals surface area contributed by atoms with Crippen LogP contribution in [0.25, 0.3) is 0 Å². The Balaban J connectivity index is 2.54. The third kappa shape index (κ3) is 5.71. The average molecular weight is 306 g/mol. The average Bonchev–Trinajstić information content (AvgIpc) is 2.45. The maximum atomic E-state index is 11.7. The van der Waals surface area contributed by atoms with Gasteiger partial charge in [0.05, 0.1) is 11.5 Å². The van der Waals surface area contributed by atoms with Crippen LogP contribution >= 0.6 is 0 Å². The molecule has 0 aromatic heterocycles. The molecule has 0 bridgehead atoms. The zero-order chi connectivity index (χ0) is 16.5. The van der Waals surface area contributed by atoms with Gasteiger partial charge in [0, 0.05) is 24.7 Å². The van der Waals surface area contributed by atoms with Gasteiger partial charge in [-0.15, -0.1) is 6.58 Å². The molecule has 3 amide bonds. The van der Waals surface area contributed by atoms with Gasteiger partial charge in [-0.05, 0) is 7.05 Å². The quantitative estimate of drug-likeness (QED) is 0.445. The molecule has 0 unspecified atom stereocenters. The molecule has 8 heteroatoms. The minimum atomic E-state index is -0.607. The number of imide groups is 1. The Bertz CT molecular complexity index is 574. The lowest BCUT2D eigenvalue weighted by atomic mass is 10.1. The molecule has 2 N–H and O–H groups in total. The Labute approximate surface area is 127 Å². The number of nitrogens with zero attached hydrogens (tertiary/aromatic N) is 2. The fraction of sp³-hybridized carbons (Fsp3) is 0.286. The molecular formula is C14H18N4O4. The Morgan fingerprint density at radius 3 is 2.73 bits per heavy atom. The third-order valence-corrected chi connectivity index (χ3v) is 2.70. The number of nitro benzene ring substituents is 1. The summed E-state index contributed by atoms with van der Waals surface area (Å²) in [6.07, 6.45) is 1.49. The molecule has 0 radical (unpaired) electrons. The highest BCUT2D eigenvalue weighted by molar-refractivity contribution is 5.95. The first kappa shape index (κ1) is 17.3. The summed E-state index contributed by atoms with van der Waals surface area (Å²) in [4.78, 5) is 35.0. The fourth-order valence-corrected chi connectivity index (χ4v) is 1.79. The summed E-state index contributed by atoms with van der Waals surface area (Å²) >= 11 is 0. The molecule has 1 aromatic carbocycles. The predicted molar refractivity (Wildman–Crippen MR) is 81.2 cm³/mol. The van der Waals surface area contributed by atoms with Gasteiger partial charge in [0.15, 0.2) is 0 Å². The van der Waals surface area contributed by atoms with E-state index in [1.165, 1.54) is 12.1 Å². The van der Waals surface area contributed by atoms with Crippen molar-refractivity contribution < 1.29 is 14.5 Å². The lowest BCUT2D eigenvalue weighted by Gasteiger charge is -2.16. The number of hydrogen-bond donors (Lipinski definition) is 2. The van der Waals surface area contributed by atoms with E-state index in [1.807, 2.05) is 0 Å². The van der Waals surface area contributed by atoms with Crippen molar-refractivity contribution >= 4 is 17.6 Å². The molecule has 0 saturated heterocycles. The van der Waals surface area contributed by atoms with Gasteiger partial charge < -0.3 is 5.32 Å². The number of nitrogens with one attached hydrogen (secondary N) is 2. The van der Waals surface area contributed by atoms with E-state index in [4.69, 9.17) is 0 Å². The predicted octanol–water partition coefficient (Wildman–Crippen LogP) is 1.04. The van der Waals surface area contributed by atoms with Crippen molar-refractivity contribution in [2.75, 3.05) is 20.1 Å². The first-order valence-corrected chi connectivity index (χ1v) is 6.53. The summed E-state index contributed by atoms with van der Waals surface area (Å²) in [5.74, 6) is -0.498. The molecular weight excluding hydrogens is 288 g/mol. The van der Waals surface area contributed by atoms with Crippen molar-refractivity contribution in [3.05, 3.63) is 52.6 Å². The van der Waals surface area contributed by atoms with Crippen molar-refractivity contribution in [2.24, 2.45) is 0 Å². The van der Waals surface area contributed by atoms with Crippen molar-refractivity contribution in [1.82, 2.24) is 15.5 Å². The number of benzene rings is 1. The summed E-state index contributed by atoms with van der Waals surface area (Å²) < 4.78 is 0. The number of carbonyl (C=O) groups is 2. The monoisotopic (exact) mass is 306 g/mol. The SMILES string of the molecule is C=CCNC(=O)NC(=O)CN(C)Cc1ccccc1[N+](=O)[O-]. The summed E-state index contributed by atoms with van der Waals surface area (Å²) in [5.41, 5.74) is 0.498. The van der Waals surface area contributed by atoms with Crippen molar-refractivity contribution in [1.29, 1.82) is 0 Å². The van der Waals surface area contributed by atoms with Gasteiger partial charge in [-0.25, -0.2) is 4.79 Å². The normalized spacial score (nSPS) is 10.1. The molecule has 0 aliphatic carbocycles. The standard InChI is InChI=1S/C14H18N4O4/c1-3-8-15-14(20)16-13(19)10-17(2)9-11-6-4-5-7-12(11)18(21)22/h3-7H,1,8-10H2,2H3,(H2,15,16,19,20). The van der Waals surface area contributed by atoms with E-state index in [0.717, 1.165) is 0 Å². The Kier molecular flexibility index (Phi) is 6.71. The highest BCUT2D eigenvalue weighted by Crippen LogP contribution is 2.18. The van der Waals surface area contributed by atoms with Gasteiger partial charge in [0.25, 0.3) is 5.69 Å². The molecule has 0 spiro atoms. The van der Waals surface area contributed by atoms with E-state index in [1.54, 1.807) is 30.1 Å². The van der Waals surface area contributed by atoms with Crippen LogP contribution in [0.5, 0.6) is 0 Å². The van der Waals surface area contributed by atoms with Gasteiger partial charge >= 0.3 is 6.03 Å². The first-order chi connectivity index (χ1) is 10.4. The lowest BCUT2D eigenvalue weighted by Crippen LogP contribution is -2.43. The third-order valence-electron chi connectivity index (χ3n) is 2.70. The van der Waals surface area contributed by atoms with E-state index in [0.29, 0.717) is 5.56 Å². The van der Waals surface area contributed by atoms with Crippen LogP contribution in [0.1, 0.15) is 5.56 Å². The van der Waals surface area contributed by atoms with Gasteiger partial charge in [0.2, 0.25) is 5.91 Å². The van der Waals surface area contributed by atoms with Crippen LogP contribution in [0.2, 0.25) is 0 Å². The minimum Gasteiger partial charge on any atom is -0.334 e. The van der Waals surface area contributed by atoms with E-state index in [2.05, 4.69) is 17.2 Å². The molecule has 0 saturated carbocycles. The maximum Gasteiger partial charge on any atom is 0.321 e. The summed E-state index contributed by atoms with van der Waals surface area (Å²) in [5, 5.41) is 15.5. The van der Waals surface area contributed by atoms with E-state index in [9.17, 15) is 19.7 Å². The number of hydrogen-bond acceptors (Lipinski definition) is 5. The zero-order valence-electron chi connectivity index (χ0n) is 12.2. The summed E-state index contributed by atoms with van der Waals surface area (Å²) in [6, 6.07) is 5.70. The molecule has 1 rings (SSSR count). The zero-order valence-corrected chi connectivity index (χ0v) is 12.2. The molecule has 1 aromatic rings. The number of rotatable bonds is 7. The van der Waals surface area contributed by atoms with E-state index >= 15 is 0 Å². The molecule has 0 atom stereocenters. The lowest BCUT2D eigenvalue weighted by molar-refractivity contribution is -0.385. The number of likely N-dealkylation sites (N-methyl/N-ethyl adjacent to an activating group) is 1. The summed E-state index contributed by atoms with van der Waals surface area (Å²) in [6.45, 7) is 3.85. The topological polar surface area (TPSA) is 105 Å². The van der Waals surface area contributed by atoms with E-state index < -0.39 is 16.9 Å². The molecule has 22 heavy (non-hydrogen) atoms. The summed E-state index contributed by atoms with van der Waals surface area (Å²) in [7, 11) is 1.64. The molecule has 8 nitrogen and oxygen atoms in total. The van der Waals surface area contributed by atoms with Crippen LogP contribution in [-0.2, 0) is 11.3 Å².